The average molecular weight is 669 g/mol. The van der Waals surface area contributed by atoms with Gasteiger partial charge < -0.3 is 28.4 Å². The first-order valence-corrected chi connectivity index (χ1v) is 18.8. The van der Waals surface area contributed by atoms with Crippen LogP contribution < -0.4 is 28.4 Å². The van der Waals surface area contributed by atoms with Crippen molar-refractivity contribution in [2.24, 2.45) is 0 Å². The Morgan fingerprint density at radius 1 is 0.521 bits per heavy atom. The van der Waals surface area contributed by atoms with Crippen LogP contribution in [-0.4, -0.2) is 45.9 Å². The van der Waals surface area contributed by atoms with E-state index in [0.717, 1.165) is 102 Å². The van der Waals surface area contributed by atoms with Gasteiger partial charge in [0.2, 0.25) is 0 Å². The normalized spacial score (nSPS) is 11.1. The maximum Gasteiger partial charge on any atom is 0.189 e. The van der Waals surface area contributed by atoms with E-state index in [-0.39, 0.29) is 5.78 Å². The quantitative estimate of drug-likeness (QED) is 0.0485. The third-order valence-electron chi connectivity index (χ3n) is 8.01. The summed E-state index contributed by atoms with van der Waals surface area (Å²) in [7, 11) is 1.63. The van der Waals surface area contributed by atoms with Gasteiger partial charge in [0.25, 0.3) is 0 Å². The Balaban J connectivity index is 2.53. The van der Waals surface area contributed by atoms with Crippen molar-refractivity contribution in [3.8, 4) is 34.5 Å². The molecule has 0 aromatic heterocycles. The number of ether oxygens (including phenoxy) is 6. The number of rotatable bonds is 29. The van der Waals surface area contributed by atoms with E-state index in [2.05, 4.69) is 34.6 Å². The Labute approximate surface area is 291 Å². The van der Waals surface area contributed by atoms with Crippen molar-refractivity contribution in [2.75, 3.05) is 40.1 Å². The zero-order valence-electron chi connectivity index (χ0n) is 31.0. The van der Waals surface area contributed by atoms with Gasteiger partial charge in [-0.05, 0) is 56.4 Å². The highest BCUT2D eigenvalue weighted by atomic mass is 16.5. The van der Waals surface area contributed by atoms with E-state index in [9.17, 15) is 4.79 Å². The molecule has 0 saturated carbocycles. The number of benzene rings is 2. The lowest BCUT2D eigenvalue weighted by molar-refractivity contribution is 0.104. The minimum Gasteiger partial charge on any atom is -0.493 e. The summed E-state index contributed by atoms with van der Waals surface area (Å²) >= 11 is 0. The molecule has 0 spiro atoms. The SMILES string of the molecule is CCCCCOc1cc(C=CC(=O)c2cc(OCCCCC)cc(OCCCCC)c2OCCCCC)c(OCCCCC)c(OC)c1. The summed E-state index contributed by atoms with van der Waals surface area (Å²) in [6.45, 7) is 13.6. The first-order valence-electron chi connectivity index (χ1n) is 18.8. The number of methoxy groups -OCH3 is 1. The molecule has 0 aliphatic carbocycles. The lowest BCUT2D eigenvalue weighted by Gasteiger charge is -2.18. The molecule has 48 heavy (non-hydrogen) atoms. The van der Waals surface area contributed by atoms with Gasteiger partial charge in [-0.15, -0.1) is 0 Å². The Hall–Kier alpha value is -3.35. The molecule has 0 N–H and O–H groups in total. The number of hydrogen-bond donors (Lipinski definition) is 0. The van der Waals surface area contributed by atoms with Gasteiger partial charge in [0.1, 0.15) is 11.5 Å². The van der Waals surface area contributed by atoms with E-state index >= 15 is 0 Å². The molecular weight excluding hydrogens is 604 g/mol. The van der Waals surface area contributed by atoms with Crippen LogP contribution in [0.2, 0.25) is 0 Å². The largest absolute Gasteiger partial charge is 0.493 e. The van der Waals surface area contributed by atoms with Crippen molar-refractivity contribution in [2.45, 2.75) is 131 Å². The maximum absolute atomic E-state index is 14.1. The van der Waals surface area contributed by atoms with E-state index in [4.69, 9.17) is 28.4 Å². The number of carbonyl (C=O) groups excluding carboxylic acids is 1. The summed E-state index contributed by atoms with van der Waals surface area (Å²) < 4.78 is 36.8. The Morgan fingerprint density at radius 3 is 1.46 bits per heavy atom. The van der Waals surface area contributed by atoms with Crippen molar-refractivity contribution in [1.29, 1.82) is 0 Å². The molecule has 0 aliphatic heterocycles. The third-order valence-corrected chi connectivity index (χ3v) is 8.01. The van der Waals surface area contributed by atoms with Crippen LogP contribution in [0.3, 0.4) is 0 Å². The number of unbranched alkanes of at least 4 members (excludes halogenated alkanes) is 10. The fraction of sp³-hybridized carbons (Fsp3) is 0.634. The molecule has 0 bridgehead atoms. The van der Waals surface area contributed by atoms with Gasteiger partial charge in [-0.2, -0.15) is 0 Å². The Kier molecular flexibility index (Phi) is 21.8. The van der Waals surface area contributed by atoms with Crippen LogP contribution in [0.1, 0.15) is 147 Å². The Bertz CT molecular complexity index is 1190. The van der Waals surface area contributed by atoms with Crippen LogP contribution in [0.5, 0.6) is 34.5 Å². The van der Waals surface area contributed by atoms with E-state index in [1.54, 1.807) is 25.3 Å². The molecular formula is C41H64O7. The molecule has 0 radical (unpaired) electrons. The molecule has 0 heterocycles. The van der Waals surface area contributed by atoms with E-state index in [0.29, 0.717) is 73.1 Å². The van der Waals surface area contributed by atoms with Crippen molar-refractivity contribution in [1.82, 2.24) is 0 Å². The molecule has 270 valence electrons. The predicted octanol–water partition coefficient (Wildman–Crippen LogP) is 11.4. The molecule has 7 nitrogen and oxygen atoms in total. The van der Waals surface area contributed by atoms with Crippen LogP contribution in [0, 0.1) is 0 Å². The standard InChI is InChI=1S/C41H64O7/c1-7-12-17-24-44-34-29-33(40(38(31-34)43-6)47-27-20-15-10-4)22-23-37(42)36-30-35(45-25-18-13-8-2)32-39(46-26-19-14-9-3)41(36)48-28-21-16-11-5/h22-23,29-32H,7-21,24-28H2,1-6H3. The van der Waals surface area contributed by atoms with Crippen LogP contribution in [0.25, 0.3) is 6.08 Å². The molecule has 0 saturated heterocycles. The fourth-order valence-corrected chi connectivity index (χ4v) is 5.14. The molecule has 0 amide bonds. The van der Waals surface area contributed by atoms with Gasteiger partial charge in [-0.3, -0.25) is 4.79 Å². The monoisotopic (exact) mass is 668 g/mol. The first-order chi connectivity index (χ1) is 23.5. The van der Waals surface area contributed by atoms with Crippen LogP contribution >= 0.6 is 0 Å². The summed E-state index contributed by atoms with van der Waals surface area (Å²) in [6.07, 6.45) is 18.9. The van der Waals surface area contributed by atoms with Crippen molar-refractivity contribution >= 4 is 11.9 Å². The minimum atomic E-state index is -0.205. The molecule has 0 unspecified atom stereocenters. The van der Waals surface area contributed by atoms with Gasteiger partial charge in [-0.1, -0.05) is 98.8 Å². The summed E-state index contributed by atoms with van der Waals surface area (Å²) in [5, 5.41) is 0. The summed E-state index contributed by atoms with van der Waals surface area (Å²) in [5.74, 6) is 3.29. The van der Waals surface area contributed by atoms with E-state index in [1.165, 1.54) is 0 Å². The second-order valence-electron chi connectivity index (χ2n) is 12.3. The summed E-state index contributed by atoms with van der Waals surface area (Å²) in [5.41, 5.74) is 1.14. The van der Waals surface area contributed by atoms with Gasteiger partial charge in [-0.25, -0.2) is 0 Å². The highest BCUT2D eigenvalue weighted by Crippen LogP contribution is 2.39. The van der Waals surface area contributed by atoms with E-state index < -0.39 is 0 Å². The highest BCUT2D eigenvalue weighted by Gasteiger charge is 2.20. The second kappa shape index (κ2) is 25.6. The lowest BCUT2D eigenvalue weighted by atomic mass is 10.1. The number of hydrogen-bond acceptors (Lipinski definition) is 7. The van der Waals surface area contributed by atoms with Crippen molar-refractivity contribution in [3.63, 3.8) is 0 Å². The van der Waals surface area contributed by atoms with Crippen molar-refractivity contribution < 1.29 is 33.2 Å². The molecule has 0 aliphatic rings. The molecule has 2 aromatic carbocycles. The molecule has 2 rings (SSSR count). The van der Waals surface area contributed by atoms with E-state index in [1.807, 2.05) is 18.2 Å². The van der Waals surface area contributed by atoms with Crippen LogP contribution in [-0.2, 0) is 0 Å². The van der Waals surface area contributed by atoms with Crippen molar-refractivity contribution in [3.05, 3.63) is 41.5 Å². The third kappa shape index (κ3) is 15.3. The zero-order valence-corrected chi connectivity index (χ0v) is 31.0. The minimum absolute atomic E-state index is 0.205. The number of ketones is 1. The highest BCUT2D eigenvalue weighted by molar-refractivity contribution is 6.09. The fourth-order valence-electron chi connectivity index (χ4n) is 5.14. The smallest absolute Gasteiger partial charge is 0.189 e. The molecule has 0 fully saturated rings. The maximum atomic E-state index is 14.1. The number of allylic oxidation sites excluding steroid dienone is 1. The predicted molar refractivity (Wildman–Crippen MR) is 198 cm³/mol. The Morgan fingerprint density at radius 2 is 0.958 bits per heavy atom. The van der Waals surface area contributed by atoms with Gasteiger partial charge in [0.05, 0.1) is 45.7 Å². The second-order valence-corrected chi connectivity index (χ2v) is 12.3. The molecule has 2 aromatic rings. The summed E-state index contributed by atoms with van der Waals surface area (Å²) in [6, 6.07) is 7.46. The molecule has 0 atom stereocenters. The van der Waals surface area contributed by atoms with Crippen LogP contribution in [0.15, 0.2) is 30.3 Å². The van der Waals surface area contributed by atoms with Gasteiger partial charge in [0.15, 0.2) is 28.8 Å². The molecule has 7 heteroatoms. The zero-order chi connectivity index (χ0) is 34.8. The average Bonchev–Trinajstić information content (AvgIpc) is 3.10. The topological polar surface area (TPSA) is 72.5 Å². The first kappa shape index (κ1) is 40.8. The van der Waals surface area contributed by atoms with Crippen LogP contribution in [0.4, 0.5) is 0 Å². The number of carbonyl (C=O) groups is 1. The van der Waals surface area contributed by atoms with Gasteiger partial charge >= 0.3 is 0 Å². The lowest BCUT2D eigenvalue weighted by Crippen LogP contribution is -2.09. The van der Waals surface area contributed by atoms with Gasteiger partial charge in [0, 0.05) is 17.7 Å². The summed E-state index contributed by atoms with van der Waals surface area (Å²) in [4.78, 5) is 14.1.